The average Bonchev–Trinajstić information content (AvgIpc) is 3.16. The summed E-state index contributed by atoms with van der Waals surface area (Å²) >= 11 is 0. The normalized spacial score (nSPS) is 18.2. The van der Waals surface area contributed by atoms with Crippen molar-refractivity contribution in [1.82, 2.24) is 5.32 Å². The van der Waals surface area contributed by atoms with E-state index < -0.39 is 0 Å². The lowest BCUT2D eigenvalue weighted by molar-refractivity contribution is -0.122. The predicted octanol–water partition coefficient (Wildman–Crippen LogP) is 1.78. The van der Waals surface area contributed by atoms with Gasteiger partial charge in [0.1, 0.15) is 0 Å². The Morgan fingerprint density at radius 2 is 2.00 bits per heavy atom. The van der Waals surface area contributed by atoms with E-state index in [1.807, 2.05) is 31.2 Å². The van der Waals surface area contributed by atoms with E-state index in [9.17, 15) is 4.79 Å². The van der Waals surface area contributed by atoms with Gasteiger partial charge in [0.2, 0.25) is 5.91 Å². The Hall–Kier alpha value is -1.35. The summed E-state index contributed by atoms with van der Waals surface area (Å²) in [5, 5.41) is 3.10. The molecule has 0 aliphatic heterocycles. The average molecular weight is 246 g/mol. The number of carbonyl (C=O) groups excluding carboxylic acids is 1. The SMILES string of the molecule is Cc1ccc(CC(=O)NC(C)(CN)C2CC2)cc1. The Balaban J connectivity index is 1.93. The number of nitrogens with one attached hydrogen (secondary N) is 1. The summed E-state index contributed by atoms with van der Waals surface area (Å²) < 4.78 is 0. The molecular formula is C15H22N2O. The van der Waals surface area contributed by atoms with Crippen molar-refractivity contribution in [2.75, 3.05) is 6.54 Å². The quantitative estimate of drug-likeness (QED) is 0.832. The van der Waals surface area contributed by atoms with Crippen LogP contribution in [0.15, 0.2) is 24.3 Å². The summed E-state index contributed by atoms with van der Waals surface area (Å²) in [5.74, 6) is 0.628. The fraction of sp³-hybridized carbons (Fsp3) is 0.533. The summed E-state index contributed by atoms with van der Waals surface area (Å²) in [7, 11) is 0. The molecule has 0 saturated heterocycles. The van der Waals surface area contributed by atoms with Crippen LogP contribution in [-0.4, -0.2) is 18.0 Å². The van der Waals surface area contributed by atoms with Crippen LogP contribution in [0.3, 0.4) is 0 Å². The molecule has 98 valence electrons. The molecule has 1 aromatic carbocycles. The molecule has 3 nitrogen and oxygen atoms in total. The van der Waals surface area contributed by atoms with Crippen LogP contribution < -0.4 is 11.1 Å². The summed E-state index contributed by atoms with van der Waals surface area (Å²) in [6.07, 6.45) is 2.79. The highest BCUT2D eigenvalue weighted by molar-refractivity contribution is 5.79. The zero-order chi connectivity index (χ0) is 13.2. The number of rotatable bonds is 5. The van der Waals surface area contributed by atoms with Crippen molar-refractivity contribution in [3.63, 3.8) is 0 Å². The molecule has 0 heterocycles. The van der Waals surface area contributed by atoms with E-state index in [0.29, 0.717) is 18.9 Å². The Morgan fingerprint density at radius 3 is 2.50 bits per heavy atom. The van der Waals surface area contributed by atoms with Gasteiger partial charge in [-0.25, -0.2) is 0 Å². The number of nitrogens with two attached hydrogens (primary N) is 1. The van der Waals surface area contributed by atoms with E-state index in [1.165, 1.54) is 18.4 Å². The van der Waals surface area contributed by atoms with Gasteiger partial charge >= 0.3 is 0 Å². The smallest absolute Gasteiger partial charge is 0.224 e. The number of carbonyl (C=O) groups is 1. The largest absolute Gasteiger partial charge is 0.349 e. The fourth-order valence-electron chi connectivity index (χ4n) is 2.29. The molecule has 1 atom stereocenters. The van der Waals surface area contributed by atoms with Gasteiger partial charge in [0, 0.05) is 6.54 Å². The summed E-state index contributed by atoms with van der Waals surface area (Å²) in [6.45, 7) is 4.61. The molecule has 1 aromatic rings. The number of aryl methyl sites for hydroxylation is 1. The lowest BCUT2D eigenvalue weighted by Crippen LogP contribution is -2.53. The zero-order valence-corrected chi connectivity index (χ0v) is 11.2. The molecule has 1 aliphatic carbocycles. The molecule has 1 amide bonds. The van der Waals surface area contributed by atoms with Gasteiger partial charge < -0.3 is 11.1 Å². The molecule has 1 fully saturated rings. The Morgan fingerprint density at radius 1 is 1.39 bits per heavy atom. The second-order valence-corrected chi connectivity index (χ2v) is 5.61. The van der Waals surface area contributed by atoms with E-state index >= 15 is 0 Å². The molecule has 1 aliphatic rings. The second kappa shape index (κ2) is 5.11. The predicted molar refractivity (Wildman–Crippen MR) is 73.2 cm³/mol. The molecule has 0 bridgehead atoms. The van der Waals surface area contributed by atoms with Crippen LogP contribution in [0, 0.1) is 12.8 Å². The third kappa shape index (κ3) is 3.10. The minimum Gasteiger partial charge on any atom is -0.349 e. The first-order valence-electron chi connectivity index (χ1n) is 6.60. The van der Waals surface area contributed by atoms with Crippen LogP contribution in [-0.2, 0) is 11.2 Å². The maximum absolute atomic E-state index is 12.0. The monoisotopic (exact) mass is 246 g/mol. The van der Waals surface area contributed by atoms with Crippen molar-refractivity contribution >= 4 is 5.91 Å². The van der Waals surface area contributed by atoms with Gasteiger partial charge in [-0.2, -0.15) is 0 Å². The first-order chi connectivity index (χ1) is 8.53. The van der Waals surface area contributed by atoms with Crippen LogP contribution in [0.2, 0.25) is 0 Å². The van der Waals surface area contributed by atoms with Crippen LogP contribution >= 0.6 is 0 Å². The van der Waals surface area contributed by atoms with Crippen LogP contribution in [0.4, 0.5) is 0 Å². The van der Waals surface area contributed by atoms with Crippen LogP contribution in [0.1, 0.15) is 30.9 Å². The van der Waals surface area contributed by atoms with Gasteiger partial charge in [-0.3, -0.25) is 4.79 Å². The van der Waals surface area contributed by atoms with Crippen molar-refractivity contribution in [3.8, 4) is 0 Å². The molecule has 1 saturated carbocycles. The van der Waals surface area contributed by atoms with Crippen molar-refractivity contribution in [2.45, 2.75) is 38.6 Å². The van der Waals surface area contributed by atoms with Gasteiger partial charge in [-0.15, -0.1) is 0 Å². The van der Waals surface area contributed by atoms with Crippen LogP contribution in [0.25, 0.3) is 0 Å². The maximum atomic E-state index is 12.0. The van der Waals surface area contributed by atoms with Crippen molar-refractivity contribution in [3.05, 3.63) is 35.4 Å². The summed E-state index contributed by atoms with van der Waals surface area (Å²) in [5.41, 5.74) is 7.84. The Labute approximate surface area is 109 Å². The highest BCUT2D eigenvalue weighted by Gasteiger charge is 2.41. The van der Waals surface area contributed by atoms with Gasteiger partial charge in [0.15, 0.2) is 0 Å². The van der Waals surface area contributed by atoms with E-state index in [0.717, 1.165) is 5.56 Å². The van der Waals surface area contributed by atoms with Crippen molar-refractivity contribution in [2.24, 2.45) is 11.7 Å². The highest BCUT2D eigenvalue weighted by atomic mass is 16.1. The molecule has 0 radical (unpaired) electrons. The molecule has 3 N–H and O–H groups in total. The maximum Gasteiger partial charge on any atom is 0.224 e. The molecule has 18 heavy (non-hydrogen) atoms. The minimum atomic E-state index is -0.220. The topological polar surface area (TPSA) is 55.1 Å². The first-order valence-corrected chi connectivity index (χ1v) is 6.60. The number of hydrogen-bond acceptors (Lipinski definition) is 2. The van der Waals surface area contributed by atoms with E-state index in [4.69, 9.17) is 5.73 Å². The third-order valence-electron chi connectivity index (χ3n) is 3.81. The first kappa shape index (κ1) is 13.1. The van der Waals surface area contributed by atoms with Crippen molar-refractivity contribution < 1.29 is 4.79 Å². The van der Waals surface area contributed by atoms with Gasteiger partial charge in [0.05, 0.1) is 12.0 Å². The molecule has 0 aromatic heterocycles. The molecular weight excluding hydrogens is 224 g/mol. The van der Waals surface area contributed by atoms with E-state index in [1.54, 1.807) is 0 Å². The molecule has 3 heteroatoms. The van der Waals surface area contributed by atoms with Gasteiger partial charge in [-0.05, 0) is 38.2 Å². The lowest BCUT2D eigenvalue weighted by Gasteiger charge is -2.29. The number of benzene rings is 1. The molecule has 0 spiro atoms. The van der Waals surface area contributed by atoms with Crippen LogP contribution in [0.5, 0.6) is 0 Å². The Bertz CT molecular complexity index is 423. The fourth-order valence-corrected chi connectivity index (χ4v) is 2.29. The third-order valence-corrected chi connectivity index (χ3v) is 3.81. The highest BCUT2D eigenvalue weighted by Crippen LogP contribution is 2.38. The van der Waals surface area contributed by atoms with Gasteiger partial charge in [0.25, 0.3) is 0 Å². The molecule has 2 rings (SSSR count). The summed E-state index contributed by atoms with van der Waals surface area (Å²) in [6, 6.07) is 8.08. The minimum absolute atomic E-state index is 0.0682. The second-order valence-electron chi connectivity index (χ2n) is 5.61. The van der Waals surface area contributed by atoms with Gasteiger partial charge in [-0.1, -0.05) is 29.8 Å². The molecule has 1 unspecified atom stereocenters. The number of hydrogen-bond donors (Lipinski definition) is 2. The van der Waals surface area contributed by atoms with Crippen molar-refractivity contribution in [1.29, 1.82) is 0 Å². The zero-order valence-electron chi connectivity index (χ0n) is 11.2. The van der Waals surface area contributed by atoms with E-state index in [-0.39, 0.29) is 11.4 Å². The lowest BCUT2D eigenvalue weighted by atomic mass is 9.95. The standard InChI is InChI=1S/C15H22N2O/c1-11-3-5-12(6-4-11)9-14(18)17-15(2,10-16)13-7-8-13/h3-6,13H,7-10,16H2,1-2H3,(H,17,18). The number of amides is 1. The van der Waals surface area contributed by atoms with E-state index in [2.05, 4.69) is 12.2 Å². The summed E-state index contributed by atoms with van der Waals surface area (Å²) in [4.78, 5) is 12.0. The Kier molecular flexibility index (Phi) is 3.71.